The van der Waals surface area contributed by atoms with Gasteiger partial charge < -0.3 is 5.32 Å². The number of likely N-dealkylation sites (tertiary alicyclic amines) is 2. The maximum absolute atomic E-state index is 12.4. The first-order valence-electron chi connectivity index (χ1n) is 9.41. The van der Waals surface area contributed by atoms with Crippen LogP contribution in [0.5, 0.6) is 0 Å². The Bertz CT molecular complexity index is 829. The predicted molar refractivity (Wildman–Crippen MR) is 115 cm³/mol. The lowest BCUT2D eigenvalue weighted by Gasteiger charge is -2.27. The van der Waals surface area contributed by atoms with E-state index < -0.39 is 0 Å². The number of nitrogens with one attached hydrogen (secondary N) is 1. The van der Waals surface area contributed by atoms with Gasteiger partial charge in [0.1, 0.15) is 5.82 Å². The van der Waals surface area contributed by atoms with E-state index in [-0.39, 0.29) is 18.3 Å². The van der Waals surface area contributed by atoms with Crippen molar-refractivity contribution in [1.82, 2.24) is 14.8 Å². The van der Waals surface area contributed by atoms with Crippen molar-refractivity contribution in [2.75, 3.05) is 38.5 Å². The quantitative estimate of drug-likeness (QED) is 0.819. The lowest BCUT2D eigenvalue weighted by atomic mass is 9.88. The molecule has 1 aromatic carbocycles. The third-order valence-corrected chi connectivity index (χ3v) is 6.06. The lowest BCUT2D eigenvalue weighted by molar-refractivity contribution is -0.117. The second-order valence-corrected chi connectivity index (χ2v) is 8.21. The van der Waals surface area contributed by atoms with Gasteiger partial charge in [0.15, 0.2) is 0 Å². The first kappa shape index (κ1) is 21.1. The number of hydrogen-bond donors (Lipinski definition) is 1. The summed E-state index contributed by atoms with van der Waals surface area (Å²) >= 11 is 5.84. The summed E-state index contributed by atoms with van der Waals surface area (Å²) in [6.45, 7) is 5.60. The van der Waals surface area contributed by atoms with Crippen molar-refractivity contribution in [2.24, 2.45) is 11.8 Å². The molecule has 3 atom stereocenters. The number of hydrogen-bond acceptors (Lipinski definition) is 4. The maximum atomic E-state index is 12.4. The molecule has 5 nitrogen and oxygen atoms in total. The number of halogens is 2. The van der Waals surface area contributed by atoms with E-state index in [1.165, 1.54) is 11.1 Å². The monoisotopic (exact) mass is 420 g/mol. The van der Waals surface area contributed by atoms with E-state index in [9.17, 15) is 4.79 Å². The van der Waals surface area contributed by atoms with Crippen LogP contribution in [0.25, 0.3) is 0 Å². The van der Waals surface area contributed by atoms with E-state index in [4.69, 9.17) is 11.6 Å². The van der Waals surface area contributed by atoms with Crippen LogP contribution < -0.4 is 5.32 Å². The van der Waals surface area contributed by atoms with E-state index in [2.05, 4.69) is 58.3 Å². The molecule has 7 heteroatoms. The number of aryl methyl sites for hydroxylation is 1. The molecular weight excluding hydrogens is 395 g/mol. The van der Waals surface area contributed by atoms with Crippen molar-refractivity contribution >= 4 is 35.7 Å². The van der Waals surface area contributed by atoms with E-state index in [0.29, 0.717) is 35.3 Å². The van der Waals surface area contributed by atoms with Crippen molar-refractivity contribution in [3.05, 3.63) is 58.7 Å². The molecule has 3 heterocycles. The summed E-state index contributed by atoms with van der Waals surface area (Å²) in [7, 11) is 2.22. The molecule has 2 aliphatic rings. The summed E-state index contributed by atoms with van der Waals surface area (Å²) in [5, 5.41) is 3.42. The van der Waals surface area contributed by atoms with Gasteiger partial charge in [0.05, 0.1) is 11.6 Å². The third-order valence-electron chi connectivity index (χ3n) is 5.84. The molecule has 0 unspecified atom stereocenters. The molecule has 150 valence electrons. The molecule has 0 radical (unpaired) electrons. The Hall–Kier alpha value is -1.66. The number of nitrogens with zero attached hydrogens (tertiary/aromatic N) is 3. The number of pyridine rings is 1. The second-order valence-electron chi connectivity index (χ2n) is 7.77. The van der Waals surface area contributed by atoms with E-state index in [1.807, 2.05) is 0 Å². The molecule has 2 fully saturated rings. The van der Waals surface area contributed by atoms with Crippen LogP contribution in [0.3, 0.4) is 0 Å². The number of amides is 1. The summed E-state index contributed by atoms with van der Waals surface area (Å²) in [4.78, 5) is 21.3. The second kappa shape index (κ2) is 8.78. The number of benzene rings is 1. The zero-order valence-corrected chi connectivity index (χ0v) is 17.7. The Morgan fingerprint density at radius 2 is 2.00 bits per heavy atom. The fourth-order valence-electron chi connectivity index (χ4n) is 4.70. The molecule has 2 aliphatic heterocycles. The van der Waals surface area contributed by atoms with Crippen LogP contribution >= 0.6 is 24.0 Å². The van der Waals surface area contributed by atoms with Gasteiger partial charge in [-0.15, -0.1) is 12.4 Å². The van der Waals surface area contributed by atoms with E-state index in [0.717, 1.165) is 19.6 Å². The number of carbonyl (C=O) groups excluding carboxylic acids is 1. The Balaban J connectivity index is 0.00000225. The van der Waals surface area contributed by atoms with Gasteiger partial charge in [-0.3, -0.25) is 14.6 Å². The Kier molecular flexibility index (Phi) is 6.61. The number of rotatable bonds is 4. The smallest absolute Gasteiger partial charge is 0.239 e. The third kappa shape index (κ3) is 4.33. The molecule has 2 aromatic rings. The maximum Gasteiger partial charge on any atom is 0.239 e. The average molecular weight is 421 g/mol. The normalized spacial score (nSPS) is 24.6. The fourth-order valence-corrected chi connectivity index (χ4v) is 4.81. The van der Waals surface area contributed by atoms with Crippen LogP contribution in [0.4, 0.5) is 5.82 Å². The molecule has 0 spiro atoms. The summed E-state index contributed by atoms with van der Waals surface area (Å²) in [5.41, 5.74) is 2.77. The zero-order valence-electron chi connectivity index (χ0n) is 16.1. The first-order chi connectivity index (χ1) is 13.0. The summed E-state index contributed by atoms with van der Waals surface area (Å²) in [6, 6.07) is 12.6. The molecule has 1 N–H and O–H groups in total. The Morgan fingerprint density at radius 3 is 2.71 bits per heavy atom. The van der Waals surface area contributed by atoms with Gasteiger partial charge in [-0.05, 0) is 49.1 Å². The summed E-state index contributed by atoms with van der Waals surface area (Å²) < 4.78 is 0. The summed E-state index contributed by atoms with van der Waals surface area (Å²) in [6.07, 6.45) is 1.54. The highest BCUT2D eigenvalue weighted by Gasteiger charge is 2.46. The SMILES string of the molecule is Cc1ccccc1[C@H]1[C@@H]2CN(CC(=O)Nc3ccc(Cl)cn3)C[C@@H]2CN1C.Cl. The first-order valence-corrected chi connectivity index (χ1v) is 9.78. The number of aromatic nitrogens is 1. The molecule has 1 amide bonds. The van der Waals surface area contributed by atoms with Gasteiger partial charge in [0.25, 0.3) is 0 Å². The number of fused-ring (bicyclic) bond motifs is 1. The minimum atomic E-state index is -0.0226. The molecule has 0 saturated carbocycles. The van der Waals surface area contributed by atoms with Crippen molar-refractivity contribution < 1.29 is 4.79 Å². The lowest BCUT2D eigenvalue weighted by Crippen LogP contribution is -2.35. The molecule has 28 heavy (non-hydrogen) atoms. The zero-order chi connectivity index (χ0) is 19.0. The highest BCUT2D eigenvalue weighted by molar-refractivity contribution is 6.30. The molecule has 0 bridgehead atoms. The highest BCUT2D eigenvalue weighted by Crippen LogP contribution is 2.44. The molecule has 0 aliphatic carbocycles. The van der Waals surface area contributed by atoms with Gasteiger partial charge in [-0.25, -0.2) is 4.98 Å². The predicted octanol–water partition coefficient (Wildman–Crippen LogP) is 3.64. The average Bonchev–Trinajstić information content (AvgIpc) is 3.13. The van der Waals surface area contributed by atoms with Crippen molar-refractivity contribution in [2.45, 2.75) is 13.0 Å². The minimum absolute atomic E-state index is 0. The Morgan fingerprint density at radius 1 is 1.21 bits per heavy atom. The highest BCUT2D eigenvalue weighted by atomic mass is 35.5. The number of anilines is 1. The van der Waals surface area contributed by atoms with Gasteiger partial charge in [-0.1, -0.05) is 35.9 Å². The van der Waals surface area contributed by atoms with Crippen molar-refractivity contribution in [3.63, 3.8) is 0 Å². The topological polar surface area (TPSA) is 48.5 Å². The van der Waals surface area contributed by atoms with Crippen LogP contribution in [-0.4, -0.2) is 53.9 Å². The standard InChI is InChI=1S/C21H25ClN4O.ClH/c1-14-5-3-4-6-17(14)21-18-12-26(11-15(18)10-25(21)2)13-20(27)24-19-8-7-16(22)9-23-19;/h3-9,15,18,21H,10-13H2,1-2H3,(H,23,24,27);1H/t15-,18+,21-;/m0./s1. The van der Waals surface area contributed by atoms with E-state index >= 15 is 0 Å². The molecule has 4 rings (SSSR count). The van der Waals surface area contributed by atoms with Crippen LogP contribution in [0.15, 0.2) is 42.6 Å². The molecule has 1 aromatic heterocycles. The fraction of sp³-hybridized carbons (Fsp3) is 0.429. The van der Waals surface area contributed by atoms with E-state index in [1.54, 1.807) is 18.3 Å². The number of carbonyl (C=O) groups is 1. The van der Waals surface area contributed by atoms with Gasteiger partial charge >= 0.3 is 0 Å². The Labute approximate surface area is 177 Å². The minimum Gasteiger partial charge on any atom is -0.310 e. The van der Waals surface area contributed by atoms with Crippen LogP contribution in [0, 0.1) is 18.8 Å². The largest absolute Gasteiger partial charge is 0.310 e. The molecular formula is C21H26Cl2N4O. The van der Waals surface area contributed by atoms with Gasteiger partial charge in [0, 0.05) is 31.9 Å². The van der Waals surface area contributed by atoms with Crippen LogP contribution in [0.2, 0.25) is 5.02 Å². The molecule has 2 saturated heterocycles. The van der Waals surface area contributed by atoms with Crippen molar-refractivity contribution in [3.8, 4) is 0 Å². The van der Waals surface area contributed by atoms with Gasteiger partial charge in [-0.2, -0.15) is 0 Å². The van der Waals surface area contributed by atoms with Crippen LogP contribution in [-0.2, 0) is 4.79 Å². The van der Waals surface area contributed by atoms with Gasteiger partial charge in [0.2, 0.25) is 5.91 Å². The van der Waals surface area contributed by atoms with Crippen molar-refractivity contribution in [1.29, 1.82) is 0 Å². The van der Waals surface area contributed by atoms with Crippen LogP contribution in [0.1, 0.15) is 17.2 Å². The summed E-state index contributed by atoms with van der Waals surface area (Å²) in [5.74, 6) is 1.70.